The molecule has 0 bridgehead atoms. The van der Waals surface area contributed by atoms with Crippen molar-refractivity contribution in [3.63, 3.8) is 0 Å². The lowest BCUT2D eigenvalue weighted by molar-refractivity contribution is -0.142. The molecule has 9 heteroatoms. The van der Waals surface area contributed by atoms with Crippen LogP contribution in [0.3, 0.4) is 0 Å². The topological polar surface area (TPSA) is 33.6 Å². The standard InChI is InChI=1S/C81H65F6N3/c1-43-29-47(5)74(48(6)30-43)55-19-25-68-63(37-55)64-38-56(75-49(7)31-44(2)32-50(75)8)20-26-69(64)89(68)72-17-13-15-59(42-88)78(72)79-62(61-24-23-60(80(82,83)84)41-67(61)81(85,86)87)16-14-18-73(79)90-70-27-21-57(76-51(9)33-45(3)34-52(76)10)39-65(70)66-40-58(22-28-71(66)90)77-53(11)35-46(4)36-54(77)12/h13-41H,1-12H3. The van der Waals surface area contributed by atoms with Gasteiger partial charge in [-0.05, 0) is 262 Å². The van der Waals surface area contributed by atoms with E-state index >= 15 is 13.2 Å². The van der Waals surface area contributed by atoms with Crippen molar-refractivity contribution in [1.29, 1.82) is 5.26 Å². The molecule has 0 spiro atoms. The zero-order chi connectivity index (χ0) is 63.7. The zero-order valence-electron chi connectivity index (χ0n) is 52.4. The Hall–Kier alpha value is -9.91. The molecule has 0 saturated carbocycles. The van der Waals surface area contributed by atoms with Gasteiger partial charge in [0.1, 0.15) is 0 Å². The van der Waals surface area contributed by atoms with Gasteiger partial charge in [0.2, 0.25) is 0 Å². The summed E-state index contributed by atoms with van der Waals surface area (Å²) < 4.78 is 96.1. The first kappa shape index (κ1) is 59.1. The van der Waals surface area contributed by atoms with Gasteiger partial charge in [-0.25, -0.2) is 0 Å². The van der Waals surface area contributed by atoms with Gasteiger partial charge in [0.25, 0.3) is 0 Å². The van der Waals surface area contributed by atoms with E-state index in [0.717, 1.165) is 161 Å². The number of benzene rings is 11. The van der Waals surface area contributed by atoms with Gasteiger partial charge in [-0.1, -0.05) is 119 Å². The van der Waals surface area contributed by atoms with Crippen molar-refractivity contribution in [2.45, 2.75) is 95.4 Å². The molecule has 0 atom stereocenters. The average Bonchev–Trinajstić information content (AvgIpc) is 1.49. The molecule has 0 aliphatic carbocycles. The number of hydrogen-bond acceptors (Lipinski definition) is 1. The Morgan fingerprint density at radius 2 is 0.633 bits per heavy atom. The van der Waals surface area contributed by atoms with E-state index in [-0.39, 0.29) is 22.8 Å². The highest BCUT2D eigenvalue weighted by atomic mass is 19.4. The lowest BCUT2D eigenvalue weighted by Gasteiger charge is -2.24. The number of aryl methyl sites for hydroxylation is 12. The third-order valence-corrected chi connectivity index (χ3v) is 18.3. The molecule has 0 amide bonds. The van der Waals surface area contributed by atoms with Gasteiger partial charge in [-0.3, -0.25) is 0 Å². The minimum absolute atomic E-state index is 0.0152. The van der Waals surface area contributed by atoms with Crippen LogP contribution < -0.4 is 0 Å². The van der Waals surface area contributed by atoms with E-state index in [9.17, 15) is 18.4 Å². The van der Waals surface area contributed by atoms with Crippen molar-refractivity contribution in [1.82, 2.24) is 9.13 Å². The van der Waals surface area contributed by atoms with Crippen molar-refractivity contribution in [2.75, 3.05) is 0 Å². The highest BCUT2D eigenvalue weighted by Crippen LogP contribution is 2.51. The lowest BCUT2D eigenvalue weighted by atomic mass is 9.86. The Morgan fingerprint density at radius 3 is 0.944 bits per heavy atom. The fourth-order valence-electron chi connectivity index (χ4n) is 15.2. The van der Waals surface area contributed by atoms with Gasteiger partial charge in [0, 0.05) is 32.7 Å². The van der Waals surface area contributed by atoms with E-state index in [1.54, 1.807) is 18.2 Å². The van der Waals surface area contributed by atoms with Crippen LogP contribution >= 0.6 is 0 Å². The van der Waals surface area contributed by atoms with E-state index in [2.05, 4.69) is 220 Å². The van der Waals surface area contributed by atoms with Crippen LogP contribution in [0, 0.1) is 94.4 Å². The Kier molecular flexibility index (Phi) is 14.2. The first-order valence-corrected chi connectivity index (χ1v) is 30.2. The summed E-state index contributed by atoms with van der Waals surface area (Å²) in [5.41, 5.74) is 23.0. The van der Waals surface area contributed by atoms with E-state index in [0.29, 0.717) is 23.0 Å². The number of rotatable bonds is 8. The summed E-state index contributed by atoms with van der Waals surface area (Å²) >= 11 is 0. The van der Waals surface area contributed by atoms with Crippen molar-refractivity contribution in [2.24, 2.45) is 0 Å². The molecule has 13 aromatic rings. The lowest BCUT2D eigenvalue weighted by Crippen LogP contribution is -2.13. The van der Waals surface area contributed by atoms with E-state index in [1.807, 2.05) is 12.1 Å². The molecule has 0 aliphatic rings. The first-order chi connectivity index (χ1) is 42.8. The van der Waals surface area contributed by atoms with E-state index in [4.69, 9.17) is 0 Å². The van der Waals surface area contributed by atoms with Gasteiger partial charge < -0.3 is 9.13 Å². The van der Waals surface area contributed by atoms with Gasteiger partial charge in [-0.15, -0.1) is 0 Å². The van der Waals surface area contributed by atoms with Crippen LogP contribution in [0.5, 0.6) is 0 Å². The predicted octanol–water partition coefficient (Wildman–Crippen LogP) is 23.5. The van der Waals surface area contributed by atoms with Gasteiger partial charge >= 0.3 is 12.4 Å². The molecular formula is C81H65F6N3. The molecule has 0 saturated heterocycles. The summed E-state index contributed by atoms with van der Waals surface area (Å²) in [5.74, 6) is 0. The number of halogens is 6. The van der Waals surface area contributed by atoms with Gasteiger partial charge in [-0.2, -0.15) is 31.6 Å². The molecule has 13 rings (SSSR count). The number of hydrogen-bond donors (Lipinski definition) is 0. The number of nitriles is 1. The fourth-order valence-corrected chi connectivity index (χ4v) is 15.2. The molecule has 2 heterocycles. The number of aromatic nitrogens is 2. The Balaban J connectivity index is 1.18. The highest BCUT2D eigenvalue weighted by molar-refractivity contribution is 6.15. The molecular weight excluding hydrogens is 1130 g/mol. The smallest absolute Gasteiger partial charge is 0.309 e. The Bertz CT molecular complexity index is 4930. The average molecular weight is 1190 g/mol. The molecule has 0 radical (unpaired) electrons. The minimum atomic E-state index is -5.25. The monoisotopic (exact) mass is 1190 g/mol. The molecule has 0 fully saturated rings. The molecule has 0 unspecified atom stereocenters. The van der Waals surface area contributed by atoms with Crippen LogP contribution in [0.2, 0.25) is 0 Å². The molecule has 0 aliphatic heterocycles. The van der Waals surface area contributed by atoms with Crippen LogP contribution in [0.4, 0.5) is 26.3 Å². The van der Waals surface area contributed by atoms with Gasteiger partial charge in [0.05, 0.1) is 56.2 Å². The first-order valence-electron chi connectivity index (χ1n) is 30.2. The molecule has 446 valence electrons. The Morgan fingerprint density at radius 1 is 0.311 bits per heavy atom. The largest absolute Gasteiger partial charge is 0.417 e. The second-order valence-electron chi connectivity index (χ2n) is 25.0. The maximum Gasteiger partial charge on any atom is 0.417 e. The summed E-state index contributed by atoms with van der Waals surface area (Å²) in [6, 6.07) is 57.5. The summed E-state index contributed by atoms with van der Waals surface area (Å²) in [4.78, 5) is 0. The van der Waals surface area contributed by atoms with Crippen LogP contribution in [0.15, 0.2) is 176 Å². The Labute approximate surface area is 520 Å². The number of fused-ring (bicyclic) bond motifs is 6. The third kappa shape index (κ3) is 9.85. The maximum atomic E-state index is 16.0. The normalized spacial score (nSPS) is 12.1. The van der Waals surface area contributed by atoms with Crippen LogP contribution in [0.25, 0.3) is 122 Å². The molecule has 0 N–H and O–H groups in total. The summed E-state index contributed by atoms with van der Waals surface area (Å²) in [7, 11) is 0. The maximum absolute atomic E-state index is 16.0. The quantitative estimate of drug-likeness (QED) is 0.140. The SMILES string of the molecule is Cc1cc(C)c(-c2ccc3c(c2)c2cc(-c4c(C)cc(C)cc4C)ccc2n3-c2cccc(C#N)c2-c2c(-c3ccc(C(F)(F)F)cc3C(F)(F)F)cccc2-n2c3ccc(-c4c(C)cc(C)cc4C)cc3c3cc(-c4c(C)cc(C)cc4C)ccc32)c(C)c1. The van der Waals surface area contributed by atoms with E-state index < -0.39 is 29.0 Å². The molecule has 90 heavy (non-hydrogen) atoms. The highest BCUT2D eigenvalue weighted by Gasteiger charge is 2.40. The molecule has 2 aromatic heterocycles. The van der Waals surface area contributed by atoms with Crippen molar-refractivity contribution in [3.8, 4) is 84.2 Å². The predicted molar refractivity (Wildman–Crippen MR) is 359 cm³/mol. The fraction of sp³-hybridized carbons (Fsp3) is 0.173. The van der Waals surface area contributed by atoms with Crippen molar-refractivity contribution < 1.29 is 26.3 Å². The van der Waals surface area contributed by atoms with Crippen molar-refractivity contribution in [3.05, 3.63) is 259 Å². The van der Waals surface area contributed by atoms with E-state index in [1.165, 1.54) is 6.07 Å². The van der Waals surface area contributed by atoms with Gasteiger partial charge in [0.15, 0.2) is 0 Å². The second kappa shape index (κ2) is 21.7. The van der Waals surface area contributed by atoms with Crippen LogP contribution in [-0.2, 0) is 12.4 Å². The van der Waals surface area contributed by atoms with Crippen LogP contribution in [0.1, 0.15) is 83.5 Å². The number of nitrogens with zero attached hydrogens (tertiary/aromatic N) is 3. The molecule has 3 nitrogen and oxygen atoms in total. The third-order valence-electron chi connectivity index (χ3n) is 18.3. The second-order valence-corrected chi connectivity index (χ2v) is 25.0. The van der Waals surface area contributed by atoms with Crippen molar-refractivity contribution >= 4 is 43.6 Å². The molecule has 11 aromatic carbocycles. The zero-order valence-corrected chi connectivity index (χ0v) is 52.4. The number of alkyl halides is 6. The summed E-state index contributed by atoms with van der Waals surface area (Å²) in [5, 5.41) is 15.2. The summed E-state index contributed by atoms with van der Waals surface area (Å²) in [6.45, 7) is 25.2. The minimum Gasteiger partial charge on any atom is -0.309 e. The van der Waals surface area contributed by atoms with Crippen LogP contribution in [-0.4, -0.2) is 9.13 Å². The summed E-state index contributed by atoms with van der Waals surface area (Å²) in [6.07, 6.45) is -10.3.